The molecule has 0 amide bonds. The van der Waals surface area contributed by atoms with E-state index in [0.717, 1.165) is 33.1 Å². The molecule has 0 spiro atoms. The summed E-state index contributed by atoms with van der Waals surface area (Å²) < 4.78 is 60.5. The molecule has 6 nitrogen and oxygen atoms in total. The van der Waals surface area contributed by atoms with E-state index >= 15 is 0 Å². The Balaban J connectivity index is 1.71. The van der Waals surface area contributed by atoms with Crippen LogP contribution in [0.1, 0.15) is 0 Å². The van der Waals surface area contributed by atoms with Crippen molar-refractivity contribution in [2.75, 3.05) is 0 Å². The number of halogens is 4. The summed E-state index contributed by atoms with van der Waals surface area (Å²) in [4.78, 5) is 35.6. The lowest BCUT2D eigenvalue weighted by Crippen LogP contribution is -2.17. The Hall–Kier alpha value is -4.86. The van der Waals surface area contributed by atoms with Gasteiger partial charge in [-0.25, -0.2) is 27.5 Å². The molecule has 10 heteroatoms. The maximum Gasteiger partial charge on any atom is 0.264 e. The highest BCUT2D eigenvalue weighted by atomic mass is 19.1. The number of nitrogens with zero attached hydrogens (tertiary/aromatic N) is 4. The van der Waals surface area contributed by atoms with Gasteiger partial charge in [0, 0.05) is 32.3 Å². The summed E-state index contributed by atoms with van der Waals surface area (Å²) in [6.07, 6.45) is 0. The van der Waals surface area contributed by atoms with Gasteiger partial charge in [0.1, 0.15) is 45.0 Å². The second-order valence-electron chi connectivity index (χ2n) is 8.68. The van der Waals surface area contributed by atoms with Crippen LogP contribution in [0.5, 0.6) is 0 Å². The highest BCUT2D eigenvalue weighted by molar-refractivity contribution is 6.27. The molecule has 0 aliphatic heterocycles. The van der Waals surface area contributed by atoms with Gasteiger partial charge < -0.3 is 0 Å². The first-order valence-electron chi connectivity index (χ1n) is 10.8. The molecule has 36 heavy (non-hydrogen) atoms. The second-order valence-corrected chi connectivity index (χ2v) is 8.68. The van der Waals surface area contributed by atoms with Gasteiger partial charge in [0.15, 0.2) is 11.6 Å². The van der Waals surface area contributed by atoms with E-state index in [1.807, 2.05) is 0 Å². The molecule has 0 fully saturated rings. The first kappa shape index (κ1) is 19.4. The van der Waals surface area contributed by atoms with Crippen molar-refractivity contribution >= 4 is 65.7 Å². The lowest BCUT2D eigenvalue weighted by molar-refractivity contribution is 0.614. The summed E-state index contributed by atoms with van der Waals surface area (Å²) in [5, 5.41) is 1.77. The van der Waals surface area contributed by atoms with Gasteiger partial charge in [-0.05, 0) is 48.5 Å². The molecule has 0 unspecified atom stereocenters. The minimum atomic E-state index is -0.805. The standard InChI is InChI=1S/C26H8F4N4O2/c27-13-5-7-15(29)21-19(13)31-23-9-1-3-11-18-10(2-4-12(17(9)18)26(36)33(21)23)24-32-20-14(28)6-8-16(30)22(20)34(24)25(11)35/h1-8H. The second kappa shape index (κ2) is 6.03. The molecule has 4 aromatic carbocycles. The number of aromatic nitrogens is 4. The van der Waals surface area contributed by atoms with E-state index in [0.29, 0.717) is 21.5 Å². The topological polar surface area (TPSA) is 68.7 Å². The fraction of sp³-hybridized carbons (Fsp3) is 0. The van der Waals surface area contributed by atoms with Crippen molar-refractivity contribution in [2.24, 2.45) is 0 Å². The van der Waals surface area contributed by atoms with E-state index < -0.39 is 34.4 Å². The van der Waals surface area contributed by atoms with E-state index in [9.17, 15) is 27.2 Å². The van der Waals surface area contributed by atoms with E-state index in [4.69, 9.17) is 0 Å². The summed E-state index contributed by atoms with van der Waals surface area (Å²) in [6.45, 7) is 0. The van der Waals surface area contributed by atoms with E-state index in [1.165, 1.54) is 24.3 Å². The zero-order chi connectivity index (χ0) is 24.6. The molecule has 4 heterocycles. The van der Waals surface area contributed by atoms with Crippen LogP contribution in [0.3, 0.4) is 0 Å². The number of fused-ring (bicyclic) bond motifs is 8. The summed E-state index contributed by atoms with van der Waals surface area (Å²) in [5.41, 5.74) is -2.37. The Kier molecular flexibility index (Phi) is 3.26. The molecule has 8 aromatic rings. The molecule has 0 aliphatic rings. The van der Waals surface area contributed by atoms with Crippen LogP contribution in [0.25, 0.3) is 65.7 Å². The smallest absolute Gasteiger partial charge is 0.264 e. The highest BCUT2D eigenvalue weighted by Gasteiger charge is 2.25. The number of pyridine rings is 2. The third-order valence-corrected chi connectivity index (χ3v) is 6.92. The van der Waals surface area contributed by atoms with Gasteiger partial charge in [-0.3, -0.25) is 18.4 Å². The Bertz CT molecular complexity index is 2240. The lowest BCUT2D eigenvalue weighted by Gasteiger charge is -2.12. The maximum absolute atomic E-state index is 14.7. The lowest BCUT2D eigenvalue weighted by atomic mass is 9.96. The number of hydrogen-bond donors (Lipinski definition) is 0. The third kappa shape index (κ3) is 2.01. The van der Waals surface area contributed by atoms with Gasteiger partial charge in [-0.1, -0.05) is 0 Å². The number of benzene rings is 4. The van der Waals surface area contributed by atoms with Crippen molar-refractivity contribution in [2.45, 2.75) is 0 Å². The molecular weight excluding hydrogens is 476 g/mol. The molecule has 0 atom stereocenters. The Morgan fingerprint density at radius 1 is 0.500 bits per heavy atom. The molecule has 0 saturated heterocycles. The van der Waals surface area contributed by atoms with Gasteiger partial charge in [0.25, 0.3) is 11.1 Å². The third-order valence-electron chi connectivity index (χ3n) is 6.92. The molecule has 172 valence electrons. The molecule has 4 aromatic heterocycles. The first-order valence-corrected chi connectivity index (χ1v) is 10.8. The molecule has 0 N–H and O–H groups in total. The Morgan fingerprint density at radius 2 is 0.861 bits per heavy atom. The summed E-state index contributed by atoms with van der Waals surface area (Å²) in [6, 6.07) is 9.74. The Labute approximate surface area is 194 Å². The van der Waals surface area contributed by atoms with Crippen molar-refractivity contribution in [1.29, 1.82) is 0 Å². The number of rotatable bonds is 0. The van der Waals surface area contributed by atoms with Crippen LogP contribution < -0.4 is 11.1 Å². The predicted molar refractivity (Wildman–Crippen MR) is 126 cm³/mol. The van der Waals surface area contributed by atoms with Crippen molar-refractivity contribution in [3.05, 3.63) is 92.5 Å². The summed E-state index contributed by atoms with van der Waals surface area (Å²) in [7, 11) is 0. The highest BCUT2D eigenvalue weighted by Crippen LogP contribution is 2.37. The van der Waals surface area contributed by atoms with E-state index in [-0.39, 0.29) is 44.1 Å². The largest absolute Gasteiger partial charge is 0.268 e. The molecule has 0 aliphatic carbocycles. The summed E-state index contributed by atoms with van der Waals surface area (Å²) in [5.74, 6) is -3.18. The van der Waals surface area contributed by atoms with Crippen LogP contribution in [-0.4, -0.2) is 18.8 Å². The van der Waals surface area contributed by atoms with Crippen LogP contribution in [0.2, 0.25) is 0 Å². The maximum atomic E-state index is 14.7. The van der Waals surface area contributed by atoms with Crippen LogP contribution in [0, 0.1) is 23.3 Å². The Morgan fingerprint density at radius 3 is 1.28 bits per heavy atom. The minimum absolute atomic E-state index is 0.0267. The SMILES string of the molecule is O=c1c2ccc3c4c(ccc(c24)c2nc4c(F)ccc(F)c4n12)c(=O)n1c3nc2c(F)ccc(F)c21. The molecule has 0 saturated carbocycles. The van der Waals surface area contributed by atoms with Crippen molar-refractivity contribution < 1.29 is 17.6 Å². The minimum Gasteiger partial charge on any atom is -0.268 e. The van der Waals surface area contributed by atoms with Crippen molar-refractivity contribution in [3.63, 3.8) is 0 Å². The fourth-order valence-electron chi connectivity index (χ4n) is 5.44. The van der Waals surface area contributed by atoms with Gasteiger partial charge >= 0.3 is 0 Å². The van der Waals surface area contributed by atoms with Crippen molar-refractivity contribution in [3.8, 4) is 0 Å². The molecule has 8 rings (SSSR count). The summed E-state index contributed by atoms with van der Waals surface area (Å²) >= 11 is 0. The molecule has 0 bridgehead atoms. The monoisotopic (exact) mass is 484 g/mol. The van der Waals surface area contributed by atoms with E-state index in [2.05, 4.69) is 9.97 Å². The van der Waals surface area contributed by atoms with Crippen LogP contribution in [0.15, 0.2) is 58.1 Å². The van der Waals surface area contributed by atoms with Crippen LogP contribution >= 0.6 is 0 Å². The fourth-order valence-corrected chi connectivity index (χ4v) is 5.44. The average molecular weight is 484 g/mol. The van der Waals surface area contributed by atoms with E-state index in [1.54, 1.807) is 0 Å². The van der Waals surface area contributed by atoms with Crippen LogP contribution in [-0.2, 0) is 0 Å². The normalized spacial score (nSPS) is 12.7. The zero-order valence-electron chi connectivity index (χ0n) is 17.7. The van der Waals surface area contributed by atoms with Gasteiger partial charge in [0.2, 0.25) is 0 Å². The zero-order valence-corrected chi connectivity index (χ0v) is 17.7. The average Bonchev–Trinajstić information content (AvgIpc) is 3.48. The first-order chi connectivity index (χ1) is 17.4. The molecule has 0 radical (unpaired) electrons. The number of imidazole rings is 2. The molecular formula is C26H8F4N4O2. The predicted octanol–water partition coefficient (Wildman–Crippen LogP) is 4.90. The quantitative estimate of drug-likeness (QED) is 0.227. The van der Waals surface area contributed by atoms with Crippen LogP contribution in [0.4, 0.5) is 17.6 Å². The van der Waals surface area contributed by atoms with Gasteiger partial charge in [0.05, 0.1) is 0 Å². The van der Waals surface area contributed by atoms with Crippen molar-refractivity contribution in [1.82, 2.24) is 18.8 Å². The van der Waals surface area contributed by atoms with Gasteiger partial charge in [-0.15, -0.1) is 0 Å². The number of hydrogen-bond acceptors (Lipinski definition) is 4. The van der Waals surface area contributed by atoms with Gasteiger partial charge in [-0.2, -0.15) is 0 Å².